The first-order valence-electron chi connectivity index (χ1n) is 5.69. The van der Waals surface area contributed by atoms with Crippen LogP contribution in [-0.2, 0) is 11.2 Å². The van der Waals surface area contributed by atoms with Crippen LogP contribution in [0, 0.1) is 13.8 Å². The number of rotatable bonds is 5. The number of hydrogen-bond donors (Lipinski definition) is 2. The highest BCUT2D eigenvalue weighted by Gasteiger charge is 2.17. The molecule has 0 saturated heterocycles. The van der Waals surface area contributed by atoms with Crippen molar-refractivity contribution in [3.63, 3.8) is 0 Å². The summed E-state index contributed by atoms with van der Waals surface area (Å²) in [7, 11) is 0. The minimum absolute atomic E-state index is 0.122. The molecular weight excluding hydrogens is 240 g/mol. The van der Waals surface area contributed by atoms with E-state index in [0.717, 1.165) is 16.7 Å². The van der Waals surface area contributed by atoms with Crippen LogP contribution in [0.5, 0.6) is 0 Å². The maximum Gasteiger partial charge on any atom is 0.265 e. The van der Waals surface area contributed by atoms with Gasteiger partial charge in [0.1, 0.15) is 6.10 Å². The van der Waals surface area contributed by atoms with E-state index in [4.69, 9.17) is 5.11 Å². The van der Waals surface area contributed by atoms with Crippen molar-refractivity contribution in [2.75, 3.05) is 6.54 Å². The zero-order valence-corrected chi connectivity index (χ0v) is 10.4. The lowest BCUT2D eigenvalue weighted by molar-refractivity contribution is -0.121. The predicted molar refractivity (Wildman–Crippen MR) is 64.6 cm³/mol. The third-order valence-electron chi connectivity index (χ3n) is 2.74. The minimum Gasteiger partial charge on any atom is -0.385 e. The molecule has 0 spiro atoms. The van der Waals surface area contributed by atoms with E-state index in [1.807, 2.05) is 32.0 Å². The monoisotopic (exact) mass is 257 g/mol. The number of carbonyl (C=O) groups is 1. The summed E-state index contributed by atoms with van der Waals surface area (Å²) < 4.78 is 24.0. The molecule has 2 N–H and O–H groups in total. The van der Waals surface area contributed by atoms with E-state index in [0.29, 0.717) is 0 Å². The summed E-state index contributed by atoms with van der Waals surface area (Å²) in [6.45, 7) is 3.48. The largest absolute Gasteiger partial charge is 0.385 e. The van der Waals surface area contributed by atoms with Crippen LogP contribution in [-0.4, -0.2) is 30.1 Å². The number of aliphatic hydroxyl groups excluding tert-OH is 1. The lowest BCUT2D eigenvalue weighted by Crippen LogP contribution is -2.36. The van der Waals surface area contributed by atoms with Crippen molar-refractivity contribution in [2.24, 2.45) is 0 Å². The minimum atomic E-state index is -2.84. The van der Waals surface area contributed by atoms with E-state index in [2.05, 4.69) is 5.32 Å². The van der Waals surface area contributed by atoms with Crippen molar-refractivity contribution in [2.45, 2.75) is 32.8 Å². The quantitative estimate of drug-likeness (QED) is 0.841. The van der Waals surface area contributed by atoms with Crippen LogP contribution in [0.25, 0.3) is 0 Å². The molecule has 1 aromatic rings. The molecule has 1 rings (SSSR count). The molecule has 0 aliphatic carbocycles. The van der Waals surface area contributed by atoms with Crippen molar-refractivity contribution in [1.29, 1.82) is 0 Å². The second kappa shape index (κ2) is 6.44. The Morgan fingerprint density at radius 1 is 1.33 bits per heavy atom. The molecule has 1 atom stereocenters. The number of aryl methyl sites for hydroxylation is 2. The fraction of sp³-hybridized carbons (Fsp3) is 0.462. The summed E-state index contributed by atoms with van der Waals surface area (Å²) >= 11 is 0. The van der Waals surface area contributed by atoms with Crippen LogP contribution in [0.1, 0.15) is 16.7 Å². The standard InChI is InChI=1S/C13H17F2NO2/c1-8-3-4-10(5-9(8)2)6-12(18)16-7-11(17)13(14)15/h3-5,11,13,17H,6-7H2,1-2H3,(H,16,18). The normalized spacial score (nSPS) is 12.6. The lowest BCUT2D eigenvalue weighted by atomic mass is 10.0. The number of benzene rings is 1. The fourth-order valence-corrected chi connectivity index (χ4v) is 1.47. The van der Waals surface area contributed by atoms with Gasteiger partial charge in [-0.2, -0.15) is 0 Å². The van der Waals surface area contributed by atoms with Crippen molar-refractivity contribution in [3.8, 4) is 0 Å². The van der Waals surface area contributed by atoms with Crippen molar-refractivity contribution >= 4 is 5.91 Å². The molecular formula is C13H17F2NO2. The Balaban J connectivity index is 2.47. The molecule has 0 bridgehead atoms. The Hall–Kier alpha value is -1.49. The molecule has 1 amide bonds. The van der Waals surface area contributed by atoms with Gasteiger partial charge in [0.25, 0.3) is 6.43 Å². The first kappa shape index (κ1) is 14.6. The molecule has 18 heavy (non-hydrogen) atoms. The average Bonchev–Trinajstić information content (AvgIpc) is 2.30. The molecule has 0 aliphatic rings. The summed E-state index contributed by atoms with van der Waals surface area (Å²) in [5.41, 5.74) is 3.03. The number of alkyl halides is 2. The number of nitrogens with one attached hydrogen (secondary N) is 1. The molecule has 0 radical (unpaired) electrons. The summed E-state index contributed by atoms with van der Waals surface area (Å²) in [6.07, 6.45) is -4.53. The van der Waals surface area contributed by atoms with Crippen molar-refractivity contribution in [3.05, 3.63) is 34.9 Å². The highest BCUT2D eigenvalue weighted by atomic mass is 19.3. The lowest BCUT2D eigenvalue weighted by Gasteiger charge is -2.11. The number of halogens is 2. The summed E-state index contributed by atoms with van der Waals surface area (Å²) in [5, 5.41) is 11.1. The fourth-order valence-electron chi connectivity index (χ4n) is 1.47. The van der Waals surface area contributed by atoms with Gasteiger partial charge in [-0.3, -0.25) is 4.79 Å². The Morgan fingerprint density at radius 2 is 2.00 bits per heavy atom. The van der Waals surface area contributed by atoms with Gasteiger partial charge >= 0.3 is 0 Å². The van der Waals surface area contributed by atoms with Gasteiger partial charge in [-0.05, 0) is 30.5 Å². The van der Waals surface area contributed by atoms with E-state index < -0.39 is 19.1 Å². The zero-order chi connectivity index (χ0) is 13.7. The Labute approximate surface area is 105 Å². The zero-order valence-electron chi connectivity index (χ0n) is 10.4. The number of aliphatic hydroxyl groups is 1. The summed E-state index contributed by atoms with van der Waals surface area (Å²) in [4.78, 5) is 11.5. The second-order valence-corrected chi connectivity index (χ2v) is 4.30. The van der Waals surface area contributed by atoms with Gasteiger partial charge < -0.3 is 10.4 Å². The van der Waals surface area contributed by atoms with Gasteiger partial charge in [0.2, 0.25) is 5.91 Å². The Bertz CT molecular complexity index is 421. The Kier molecular flexibility index (Phi) is 5.22. The molecule has 0 aliphatic heterocycles. The third kappa shape index (κ3) is 4.41. The van der Waals surface area contributed by atoms with Gasteiger partial charge in [-0.25, -0.2) is 8.78 Å². The van der Waals surface area contributed by atoms with E-state index in [9.17, 15) is 13.6 Å². The second-order valence-electron chi connectivity index (χ2n) is 4.30. The van der Waals surface area contributed by atoms with Gasteiger partial charge in [-0.1, -0.05) is 18.2 Å². The molecule has 3 nitrogen and oxygen atoms in total. The topological polar surface area (TPSA) is 49.3 Å². The highest BCUT2D eigenvalue weighted by molar-refractivity contribution is 5.78. The first-order valence-corrected chi connectivity index (χ1v) is 5.69. The van der Waals surface area contributed by atoms with Gasteiger partial charge in [0, 0.05) is 6.54 Å². The smallest absolute Gasteiger partial charge is 0.265 e. The molecule has 0 heterocycles. The van der Waals surface area contributed by atoms with Gasteiger partial charge in [0.15, 0.2) is 0 Å². The number of carbonyl (C=O) groups excluding carboxylic acids is 1. The average molecular weight is 257 g/mol. The van der Waals surface area contributed by atoms with Crippen LogP contribution >= 0.6 is 0 Å². The summed E-state index contributed by atoms with van der Waals surface area (Å²) in [6, 6.07) is 5.62. The van der Waals surface area contributed by atoms with Crippen LogP contribution in [0.3, 0.4) is 0 Å². The molecule has 5 heteroatoms. The molecule has 1 unspecified atom stereocenters. The maximum absolute atomic E-state index is 12.0. The van der Waals surface area contributed by atoms with E-state index in [1.165, 1.54) is 0 Å². The SMILES string of the molecule is Cc1ccc(CC(=O)NCC(O)C(F)F)cc1C. The van der Waals surface area contributed by atoms with Crippen molar-refractivity contribution < 1.29 is 18.7 Å². The van der Waals surface area contributed by atoms with E-state index in [1.54, 1.807) is 0 Å². The molecule has 0 aromatic heterocycles. The number of amides is 1. The summed E-state index contributed by atoms with van der Waals surface area (Å²) in [5.74, 6) is -0.377. The molecule has 1 aromatic carbocycles. The van der Waals surface area contributed by atoms with Gasteiger partial charge in [-0.15, -0.1) is 0 Å². The van der Waals surface area contributed by atoms with Crippen LogP contribution in [0.4, 0.5) is 8.78 Å². The highest BCUT2D eigenvalue weighted by Crippen LogP contribution is 2.10. The van der Waals surface area contributed by atoms with Crippen LogP contribution in [0.15, 0.2) is 18.2 Å². The third-order valence-corrected chi connectivity index (χ3v) is 2.74. The first-order chi connectivity index (χ1) is 8.40. The maximum atomic E-state index is 12.0. The van der Waals surface area contributed by atoms with Crippen LogP contribution in [0.2, 0.25) is 0 Å². The molecule has 0 fully saturated rings. The number of hydrogen-bond acceptors (Lipinski definition) is 2. The van der Waals surface area contributed by atoms with Crippen LogP contribution < -0.4 is 5.32 Å². The molecule has 0 saturated carbocycles. The predicted octanol–water partition coefficient (Wildman–Crippen LogP) is 1.59. The van der Waals surface area contributed by atoms with E-state index in [-0.39, 0.29) is 12.3 Å². The molecule has 100 valence electrons. The van der Waals surface area contributed by atoms with Gasteiger partial charge in [0.05, 0.1) is 6.42 Å². The van der Waals surface area contributed by atoms with E-state index >= 15 is 0 Å². The van der Waals surface area contributed by atoms with Crippen molar-refractivity contribution in [1.82, 2.24) is 5.32 Å². The Morgan fingerprint density at radius 3 is 2.56 bits per heavy atom.